The minimum absolute atomic E-state index is 0.240. The van der Waals surface area contributed by atoms with Gasteiger partial charge in [0.25, 0.3) is 0 Å². The smallest absolute Gasteiger partial charge is 0.123 e. The first-order valence-corrected chi connectivity index (χ1v) is 3.99. The molecular formula is C9H10FN3. The van der Waals surface area contributed by atoms with Gasteiger partial charge in [0.05, 0.1) is 0 Å². The van der Waals surface area contributed by atoms with Crippen molar-refractivity contribution in [3.8, 4) is 0 Å². The number of rotatable bonds is 3. The molecule has 13 heavy (non-hydrogen) atoms. The van der Waals surface area contributed by atoms with Crippen LogP contribution in [0, 0.1) is 12.7 Å². The lowest BCUT2D eigenvalue weighted by atomic mass is 10.1. The standard InChI is InChI=1S/C9H10FN3/c1-7-4-8(2-3-12-13-11)6-9(10)5-7/h4-6H,2-3H2,1H3. The Morgan fingerprint density at radius 2 is 2.23 bits per heavy atom. The first-order chi connectivity index (χ1) is 6.22. The largest absolute Gasteiger partial charge is 0.207 e. The molecule has 0 bridgehead atoms. The van der Waals surface area contributed by atoms with Gasteiger partial charge in [0.2, 0.25) is 0 Å². The predicted octanol–water partition coefficient (Wildman–Crippen LogP) is 2.99. The number of halogens is 1. The van der Waals surface area contributed by atoms with Crippen LogP contribution in [-0.2, 0) is 6.42 Å². The molecule has 1 rings (SSSR count). The van der Waals surface area contributed by atoms with Crippen molar-refractivity contribution in [2.24, 2.45) is 5.11 Å². The maximum Gasteiger partial charge on any atom is 0.123 e. The van der Waals surface area contributed by atoms with Crippen molar-refractivity contribution in [3.63, 3.8) is 0 Å². The Bertz CT molecular complexity index is 322. The Labute approximate surface area is 75.8 Å². The molecule has 0 saturated carbocycles. The van der Waals surface area contributed by atoms with Crippen molar-refractivity contribution >= 4 is 0 Å². The summed E-state index contributed by atoms with van der Waals surface area (Å²) in [5.74, 6) is -0.240. The van der Waals surface area contributed by atoms with Crippen LogP contribution >= 0.6 is 0 Å². The van der Waals surface area contributed by atoms with Gasteiger partial charge >= 0.3 is 0 Å². The molecule has 0 aliphatic heterocycles. The topological polar surface area (TPSA) is 48.8 Å². The minimum atomic E-state index is -0.240. The van der Waals surface area contributed by atoms with Crippen LogP contribution in [0.5, 0.6) is 0 Å². The van der Waals surface area contributed by atoms with Crippen LogP contribution in [0.25, 0.3) is 10.4 Å². The molecule has 0 aliphatic carbocycles. The molecule has 0 atom stereocenters. The lowest BCUT2D eigenvalue weighted by Gasteiger charge is -2.00. The van der Waals surface area contributed by atoms with Gasteiger partial charge in [-0.15, -0.1) is 0 Å². The first-order valence-electron chi connectivity index (χ1n) is 3.99. The quantitative estimate of drug-likeness (QED) is 0.389. The van der Waals surface area contributed by atoms with Gasteiger partial charge in [0.1, 0.15) is 5.82 Å². The average molecular weight is 179 g/mol. The fourth-order valence-corrected chi connectivity index (χ4v) is 1.18. The Balaban J connectivity index is 2.71. The highest BCUT2D eigenvalue weighted by molar-refractivity contribution is 5.23. The summed E-state index contributed by atoms with van der Waals surface area (Å²) >= 11 is 0. The molecular weight excluding hydrogens is 169 g/mol. The van der Waals surface area contributed by atoms with E-state index in [0.717, 1.165) is 11.1 Å². The van der Waals surface area contributed by atoms with E-state index >= 15 is 0 Å². The van der Waals surface area contributed by atoms with Crippen LogP contribution in [0.2, 0.25) is 0 Å². The zero-order valence-corrected chi connectivity index (χ0v) is 7.37. The molecule has 1 aromatic rings. The third-order valence-corrected chi connectivity index (χ3v) is 1.67. The van der Waals surface area contributed by atoms with E-state index in [-0.39, 0.29) is 5.82 Å². The molecule has 0 unspecified atom stereocenters. The van der Waals surface area contributed by atoms with E-state index in [1.165, 1.54) is 12.1 Å². The first kappa shape index (κ1) is 9.55. The van der Waals surface area contributed by atoms with Crippen LogP contribution in [0.3, 0.4) is 0 Å². The molecule has 0 radical (unpaired) electrons. The van der Waals surface area contributed by atoms with Gasteiger partial charge in [0.15, 0.2) is 0 Å². The zero-order chi connectivity index (χ0) is 9.68. The third-order valence-electron chi connectivity index (χ3n) is 1.67. The minimum Gasteiger partial charge on any atom is -0.207 e. The lowest BCUT2D eigenvalue weighted by Crippen LogP contribution is -1.91. The highest BCUT2D eigenvalue weighted by atomic mass is 19.1. The SMILES string of the molecule is Cc1cc(F)cc(CCN=[N+]=[N-])c1. The zero-order valence-electron chi connectivity index (χ0n) is 7.37. The lowest BCUT2D eigenvalue weighted by molar-refractivity contribution is 0.624. The second-order valence-electron chi connectivity index (χ2n) is 2.84. The van der Waals surface area contributed by atoms with E-state index in [4.69, 9.17) is 5.53 Å². The number of benzene rings is 1. The summed E-state index contributed by atoms with van der Waals surface area (Å²) in [6.45, 7) is 2.21. The molecule has 0 spiro atoms. The maximum atomic E-state index is 12.8. The van der Waals surface area contributed by atoms with Crippen LogP contribution in [-0.4, -0.2) is 6.54 Å². The van der Waals surface area contributed by atoms with Crippen molar-refractivity contribution in [1.82, 2.24) is 0 Å². The molecule has 0 heterocycles. The van der Waals surface area contributed by atoms with E-state index in [9.17, 15) is 4.39 Å². The number of nitrogens with zero attached hydrogens (tertiary/aromatic N) is 3. The van der Waals surface area contributed by atoms with Crippen LogP contribution in [0.15, 0.2) is 23.3 Å². The highest BCUT2D eigenvalue weighted by Gasteiger charge is 1.96. The second-order valence-corrected chi connectivity index (χ2v) is 2.84. The highest BCUT2D eigenvalue weighted by Crippen LogP contribution is 2.08. The van der Waals surface area contributed by atoms with Crippen molar-refractivity contribution in [3.05, 3.63) is 45.6 Å². The van der Waals surface area contributed by atoms with Crippen LogP contribution < -0.4 is 0 Å². The van der Waals surface area contributed by atoms with Gasteiger partial charge in [-0.2, -0.15) is 0 Å². The molecule has 68 valence electrons. The number of hydrogen-bond acceptors (Lipinski definition) is 1. The summed E-state index contributed by atoms with van der Waals surface area (Å²) in [4.78, 5) is 2.63. The Kier molecular flexibility index (Phi) is 3.29. The fourth-order valence-electron chi connectivity index (χ4n) is 1.18. The molecule has 0 N–H and O–H groups in total. The molecule has 3 nitrogen and oxygen atoms in total. The summed E-state index contributed by atoms with van der Waals surface area (Å²) in [6.07, 6.45) is 0.586. The molecule has 0 amide bonds. The van der Waals surface area contributed by atoms with E-state index in [1.807, 2.05) is 13.0 Å². The second kappa shape index (κ2) is 4.48. The van der Waals surface area contributed by atoms with Crippen molar-refractivity contribution in [2.45, 2.75) is 13.3 Å². The van der Waals surface area contributed by atoms with Crippen molar-refractivity contribution < 1.29 is 4.39 Å². The average Bonchev–Trinajstić information content (AvgIpc) is 2.03. The Hall–Kier alpha value is -1.54. The van der Waals surface area contributed by atoms with E-state index < -0.39 is 0 Å². The molecule has 4 heteroatoms. The van der Waals surface area contributed by atoms with E-state index in [0.29, 0.717) is 13.0 Å². The van der Waals surface area contributed by atoms with Crippen LogP contribution in [0.1, 0.15) is 11.1 Å². The Morgan fingerprint density at radius 3 is 2.85 bits per heavy atom. The predicted molar refractivity (Wildman–Crippen MR) is 48.9 cm³/mol. The van der Waals surface area contributed by atoms with Gasteiger partial charge in [-0.1, -0.05) is 11.2 Å². The summed E-state index contributed by atoms with van der Waals surface area (Å²) in [7, 11) is 0. The Morgan fingerprint density at radius 1 is 1.46 bits per heavy atom. The summed E-state index contributed by atoms with van der Waals surface area (Å²) in [5.41, 5.74) is 9.79. The number of azide groups is 1. The molecule has 0 aromatic heterocycles. The van der Waals surface area contributed by atoms with Gasteiger partial charge < -0.3 is 0 Å². The van der Waals surface area contributed by atoms with E-state index in [1.54, 1.807) is 0 Å². The van der Waals surface area contributed by atoms with Gasteiger partial charge in [-0.05, 0) is 42.1 Å². The van der Waals surface area contributed by atoms with Gasteiger partial charge in [0, 0.05) is 11.5 Å². The fraction of sp³-hybridized carbons (Fsp3) is 0.333. The summed E-state index contributed by atoms with van der Waals surface area (Å²) in [5, 5.41) is 3.38. The number of hydrogen-bond donors (Lipinski definition) is 0. The van der Waals surface area contributed by atoms with Crippen LogP contribution in [0.4, 0.5) is 4.39 Å². The van der Waals surface area contributed by atoms with Gasteiger partial charge in [-0.25, -0.2) is 4.39 Å². The third kappa shape index (κ3) is 3.13. The maximum absolute atomic E-state index is 12.8. The van der Waals surface area contributed by atoms with Crippen molar-refractivity contribution in [2.75, 3.05) is 6.54 Å². The normalized spacial score (nSPS) is 9.38. The van der Waals surface area contributed by atoms with E-state index in [2.05, 4.69) is 10.0 Å². The summed E-state index contributed by atoms with van der Waals surface area (Å²) in [6, 6.07) is 4.81. The summed E-state index contributed by atoms with van der Waals surface area (Å²) < 4.78 is 12.8. The van der Waals surface area contributed by atoms with Crippen molar-refractivity contribution in [1.29, 1.82) is 0 Å². The molecule has 0 saturated heterocycles. The molecule has 0 aliphatic rings. The monoisotopic (exact) mass is 179 g/mol. The molecule has 0 fully saturated rings. The van der Waals surface area contributed by atoms with Gasteiger partial charge in [-0.3, -0.25) is 0 Å². The number of aryl methyl sites for hydroxylation is 1. The molecule has 1 aromatic carbocycles.